The molecule has 0 aromatic carbocycles. The SMILES string of the molecule is CC/C=C\C/C=C\C/C=C\C/C=C\C/C=C\C/C=C\CCCCC(=O)OC(COCCCCCCCCCCCC/C=C\CCCCCCCC)COP(=O)(O)OCC[N+](C)(C)C. The van der Waals surface area contributed by atoms with Crippen molar-refractivity contribution in [3.8, 4) is 0 Å². The first-order chi connectivity index (χ1) is 30.6. The molecule has 0 aliphatic rings. The minimum atomic E-state index is -4.30. The monoisotopic (exact) mass is 903 g/mol. The van der Waals surface area contributed by atoms with E-state index < -0.39 is 13.9 Å². The smallest absolute Gasteiger partial charge is 0.457 e. The summed E-state index contributed by atoms with van der Waals surface area (Å²) in [6.07, 6.45) is 62.0. The van der Waals surface area contributed by atoms with E-state index in [0.717, 1.165) is 64.2 Å². The number of nitrogens with zero attached hydrogens (tertiary/aromatic N) is 1. The summed E-state index contributed by atoms with van der Waals surface area (Å²) in [5.74, 6) is -0.357. The summed E-state index contributed by atoms with van der Waals surface area (Å²) in [6.45, 7) is 5.44. The van der Waals surface area contributed by atoms with Gasteiger partial charge in [0.25, 0.3) is 0 Å². The molecule has 9 heteroatoms. The number of hydrogen-bond acceptors (Lipinski definition) is 6. The van der Waals surface area contributed by atoms with E-state index in [1.54, 1.807) is 0 Å². The lowest BCUT2D eigenvalue weighted by molar-refractivity contribution is -0.870. The molecular formula is C54H97NO7P+. The first kappa shape index (κ1) is 60.7. The zero-order valence-electron chi connectivity index (χ0n) is 41.3. The number of phosphoric acid groups is 1. The van der Waals surface area contributed by atoms with Crippen LogP contribution in [0.2, 0.25) is 0 Å². The van der Waals surface area contributed by atoms with Crippen molar-refractivity contribution in [3.63, 3.8) is 0 Å². The molecule has 2 atom stereocenters. The topological polar surface area (TPSA) is 91.3 Å². The van der Waals surface area contributed by atoms with Gasteiger partial charge in [0.05, 0.1) is 34.4 Å². The van der Waals surface area contributed by atoms with Gasteiger partial charge >= 0.3 is 13.8 Å². The number of carbonyl (C=O) groups excluding carboxylic acids is 1. The van der Waals surface area contributed by atoms with Crippen molar-refractivity contribution in [2.75, 3.05) is 54.1 Å². The number of rotatable bonds is 46. The van der Waals surface area contributed by atoms with Gasteiger partial charge in [0.15, 0.2) is 0 Å². The van der Waals surface area contributed by atoms with E-state index in [-0.39, 0.29) is 32.2 Å². The number of likely N-dealkylation sites (N-methyl/N-ethyl adjacent to an activating group) is 1. The van der Waals surface area contributed by atoms with Crippen LogP contribution in [0, 0.1) is 0 Å². The zero-order chi connectivity index (χ0) is 46.2. The molecule has 2 unspecified atom stereocenters. The zero-order valence-corrected chi connectivity index (χ0v) is 42.2. The Morgan fingerprint density at radius 1 is 0.508 bits per heavy atom. The number of carbonyl (C=O) groups is 1. The third-order valence-electron chi connectivity index (χ3n) is 10.4. The van der Waals surface area contributed by atoms with Crippen molar-refractivity contribution in [3.05, 3.63) is 85.1 Å². The molecule has 0 saturated heterocycles. The maximum Gasteiger partial charge on any atom is 0.472 e. The van der Waals surface area contributed by atoms with Crippen LogP contribution in [0.4, 0.5) is 0 Å². The van der Waals surface area contributed by atoms with E-state index in [1.807, 2.05) is 21.1 Å². The first-order valence-corrected chi connectivity index (χ1v) is 26.8. The van der Waals surface area contributed by atoms with E-state index >= 15 is 0 Å². The predicted molar refractivity (Wildman–Crippen MR) is 270 cm³/mol. The molecule has 0 radical (unpaired) electrons. The second kappa shape index (κ2) is 46.2. The van der Waals surface area contributed by atoms with Crippen molar-refractivity contribution in [1.82, 2.24) is 0 Å². The average molecular weight is 903 g/mol. The van der Waals surface area contributed by atoms with Crippen LogP contribution in [0.3, 0.4) is 0 Å². The molecule has 8 nitrogen and oxygen atoms in total. The van der Waals surface area contributed by atoms with Crippen LogP contribution in [0.15, 0.2) is 85.1 Å². The molecule has 0 rings (SSSR count). The third kappa shape index (κ3) is 50.5. The molecule has 0 aromatic rings. The first-order valence-electron chi connectivity index (χ1n) is 25.3. The Labute approximate surface area is 388 Å². The van der Waals surface area contributed by atoms with Crippen molar-refractivity contribution >= 4 is 13.8 Å². The van der Waals surface area contributed by atoms with Crippen LogP contribution in [0.25, 0.3) is 0 Å². The number of hydrogen-bond donors (Lipinski definition) is 1. The molecule has 0 saturated carbocycles. The van der Waals surface area contributed by atoms with E-state index in [2.05, 4.69) is 98.9 Å². The minimum absolute atomic E-state index is 0.0756. The maximum absolute atomic E-state index is 12.7. The lowest BCUT2D eigenvalue weighted by atomic mass is 10.1. The molecular weight excluding hydrogens is 806 g/mol. The normalized spacial score (nSPS) is 14.3. The van der Waals surface area contributed by atoms with Gasteiger partial charge in [0.2, 0.25) is 0 Å². The van der Waals surface area contributed by atoms with E-state index in [1.165, 1.54) is 103 Å². The van der Waals surface area contributed by atoms with Crippen LogP contribution in [-0.2, 0) is 27.9 Å². The van der Waals surface area contributed by atoms with Crippen LogP contribution in [0.1, 0.15) is 194 Å². The molecule has 0 aromatic heterocycles. The van der Waals surface area contributed by atoms with Gasteiger partial charge < -0.3 is 18.9 Å². The predicted octanol–water partition coefficient (Wildman–Crippen LogP) is 15.6. The molecule has 0 aliphatic heterocycles. The molecule has 0 aliphatic carbocycles. The highest BCUT2D eigenvalue weighted by molar-refractivity contribution is 7.47. The van der Waals surface area contributed by atoms with Crippen LogP contribution in [0.5, 0.6) is 0 Å². The summed E-state index contributed by atoms with van der Waals surface area (Å²) in [7, 11) is 1.63. The van der Waals surface area contributed by atoms with Crippen LogP contribution < -0.4 is 0 Å². The van der Waals surface area contributed by atoms with Gasteiger partial charge in [-0.3, -0.25) is 13.8 Å². The Balaban J connectivity index is 4.26. The van der Waals surface area contributed by atoms with E-state index in [0.29, 0.717) is 24.1 Å². The van der Waals surface area contributed by atoms with Gasteiger partial charge in [-0.05, 0) is 89.9 Å². The quantitative estimate of drug-likeness (QED) is 0.0214. The Morgan fingerprint density at radius 3 is 1.40 bits per heavy atom. The lowest BCUT2D eigenvalue weighted by Gasteiger charge is -2.24. The number of ether oxygens (including phenoxy) is 2. The van der Waals surface area contributed by atoms with Crippen molar-refractivity contribution in [2.24, 2.45) is 0 Å². The van der Waals surface area contributed by atoms with Crippen molar-refractivity contribution < 1.29 is 37.3 Å². The fourth-order valence-corrected chi connectivity index (χ4v) is 7.29. The average Bonchev–Trinajstić information content (AvgIpc) is 3.24. The highest BCUT2D eigenvalue weighted by atomic mass is 31.2. The second-order valence-electron chi connectivity index (χ2n) is 17.8. The van der Waals surface area contributed by atoms with Gasteiger partial charge in [0, 0.05) is 13.0 Å². The number of quaternary nitrogens is 1. The molecule has 1 N–H and O–H groups in total. The second-order valence-corrected chi connectivity index (χ2v) is 19.3. The van der Waals surface area contributed by atoms with Crippen LogP contribution >= 0.6 is 7.82 Å². The fraction of sp³-hybridized carbons (Fsp3) is 0.722. The summed E-state index contributed by atoms with van der Waals surface area (Å²) in [5.41, 5.74) is 0. The molecule has 0 heterocycles. The summed E-state index contributed by atoms with van der Waals surface area (Å²) < 4.78 is 35.1. The maximum atomic E-state index is 12.7. The molecule has 0 spiro atoms. The summed E-state index contributed by atoms with van der Waals surface area (Å²) in [5, 5.41) is 0. The Morgan fingerprint density at radius 2 is 0.921 bits per heavy atom. The van der Waals surface area contributed by atoms with Crippen molar-refractivity contribution in [2.45, 2.75) is 200 Å². The molecule has 0 fully saturated rings. The lowest BCUT2D eigenvalue weighted by Crippen LogP contribution is -2.37. The van der Waals surface area contributed by atoms with Crippen molar-refractivity contribution in [1.29, 1.82) is 0 Å². The van der Waals surface area contributed by atoms with E-state index in [4.69, 9.17) is 18.5 Å². The number of esters is 1. The van der Waals surface area contributed by atoms with Gasteiger partial charge in [-0.15, -0.1) is 0 Å². The third-order valence-corrected chi connectivity index (χ3v) is 11.4. The highest BCUT2D eigenvalue weighted by Crippen LogP contribution is 2.43. The largest absolute Gasteiger partial charge is 0.472 e. The van der Waals surface area contributed by atoms with Gasteiger partial charge in [-0.25, -0.2) is 4.57 Å². The Hall–Kier alpha value is -2.32. The van der Waals surface area contributed by atoms with E-state index in [9.17, 15) is 14.3 Å². The summed E-state index contributed by atoms with van der Waals surface area (Å²) >= 11 is 0. The molecule has 0 bridgehead atoms. The fourth-order valence-electron chi connectivity index (χ4n) is 6.55. The highest BCUT2D eigenvalue weighted by Gasteiger charge is 2.26. The van der Waals surface area contributed by atoms with Gasteiger partial charge in [-0.2, -0.15) is 0 Å². The Kier molecular flexibility index (Phi) is 44.5. The number of unbranched alkanes of at least 4 members (excludes halogenated alkanes) is 18. The Bertz CT molecular complexity index is 1280. The number of phosphoric ester groups is 1. The number of allylic oxidation sites excluding steroid dienone is 14. The van der Waals surface area contributed by atoms with Crippen LogP contribution in [-0.4, -0.2) is 75.6 Å². The standard InChI is InChI=1S/C54H96NO7P/c1-6-8-10-12-14-16-18-20-22-24-26-28-29-31-33-35-37-39-41-43-45-47-54(56)62-53(52-61-63(57,58)60-50-48-55(3,4)5)51-59-49-46-44-42-40-38-36-34-32-30-27-25-23-21-19-17-15-13-11-9-7-2/h8,10,14,16,20-23,26,28,31,33,37,39,53H,6-7,9,11-13,15,17-19,24-25,27,29-30,32,34-36,38,40-52H2,1-5H3/p+1/b10-8-,16-14-,22-20-,23-21-,28-26-,33-31-,39-37-. The molecule has 364 valence electrons. The summed E-state index contributed by atoms with van der Waals surface area (Å²) in [6, 6.07) is 0. The van der Waals surface area contributed by atoms with Gasteiger partial charge in [0.1, 0.15) is 19.3 Å². The van der Waals surface area contributed by atoms with Gasteiger partial charge in [-0.1, -0.05) is 182 Å². The molecule has 0 amide bonds. The molecule has 63 heavy (non-hydrogen) atoms. The minimum Gasteiger partial charge on any atom is -0.457 e. The summed E-state index contributed by atoms with van der Waals surface area (Å²) in [4.78, 5) is 23.0.